The van der Waals surface area contributed by atoms with Crippen LogP contribution in [-0.2, 0) is 21.2 Å². The molecule has 182 valence electrons. The third-order valence-electron chi connectivity index (χ3n) is 6.98. The van der Waals surface area contributed by atoms with Gasteiger partial charge >= 0.3 is 0 Å². The summed E-state index contributed by atoms with van der Waals surface area (Å²) in [5.41, 5.74) is 8.23. The van der Waals surface area contributed by atoms with Crippen LogP contribution in [0, 0.1) is 13.8 Å². The largest absolute Gasteiger partial charge is 0.497 e. The van der Waals surface area contributed by atoms with E-state index in [9.17, 15) is 13.2 Å². The third kappa shape index (κ3) is 4.65. The van der Waals surface area contributed by atoms with Crippen LogP contribution in [0.25, 0.3) is 11.1 Å². The molecule has 3 aromatic rings. The second-order valence-corrected chi connectivity index (χ2v) is 11.2. The second kappa shape index (κ2) is 9.04. The van der Waals surface area contributed by atoms with Crippen LogP contribution in [0.5, 0.6) is 11.5 Å². The van der Waals surface area contributed by atoms with Gasteiger partial charge in [-0.3, -0.25) is 9.52 Å². The Morgan fingerprint density at radius 3 is 2.34 bits per heavy atom. The van der Waals surface area contributed by atoms with Gasteiger partial charge in [-0.05, 0) is 89.9 Å². The molecule has 1 fully saturated rings. The van der Waals surface area contributed by atoms with Gasteiger partial charge in [0, 0.05) is 12.3 Å². The molecule has 35 heavy (non-hydrogen) atoms. The van der Waals surface area contributed by atoms with Crippen molar-refractivity contribution in [2.45, 2.75) is 45.1 Å². The number of ether oxygens (including phenoxy) is 2. The summed E-state index contributed by atoms with van der Waals surface area (Å²) in [6.07, 6.45) is 1.95. The number of carbonyl (C=O) groups excluding carboxylic acids is 1. The highest BCUT2D eigenvalue weighted by Gasteiger charge is 2.31. The van der Waals surface area contributed by atoms with E-state index in [0.717, 1.165) is 29.9 Å². The predicted molar refractivity (Wildman–Crippen MR) is 135 cm³/mol. The molecule has 5 rings (SSSR count). The maximum absolute atomic E-state index is 11.9. The number of sulfonamides is 1. The summed E-state index contributed by atoms with van der Waals surface area (Å²) in [6.45, 7) is 4.24. The normalized spacial score (nSPS) is 20.7. The summed E-state index contributed by atoms with van der Waals surface area (Å²) in [5.74, 6) is 0.724. The van der Waals surface area contributed by atoms with Crippen LogP contribution in [-0.4, -0.2) is 27.2 Å². The van der Waals surface area contributed by atoms with E-state index in [1.807, 2.05) is 24.3 Å². The molecule has 1 aliphatic carbocycles. The first-order valence-electron chi connectivity index (χ1n) is 11.8. The van der Waals surface area contributed by atoms with Gasteiger partial charge in [0.05, 0.1) is 12.9 Å². The molecule has 1 unspecified atom stereocenters. The van der Waals surface area contributed by atoms with E-state index in [-0.39, 0.29) is 24.2 Å². The lowest BCUT2D eigenvalue weighted by molar-refractivity contribution is -0.119. The minimum Gasteiger partial charge on any atom is -0.497 e. The predicted octanol–water partition coefficient (Wildman–Crippen LogP) is 4.98. The van der Waals surface area contributed by atoms with Crippen molar-refractivity contribution >= 4 is 15.9 Å². The van der Waals surface area contributed by atoms with Gasteiger partial charge in [-0.25, -0.2) is 8.42 Å². The zero-order valence-corrected chi connectivity index (χ0v) is 20.9. The van der Waals surface area contributed by atoms with E-state index in [1.165, 1.54) is 33.4 Å². The Morgan fingerprint density at radius 2 is 1.69 bits per heavy atom. The molecule has 1 amide bonds. The molecule has 3 aromatic carbocycles. The number of aryl methyl sites for hydroxylation is 2. The van der Waals surface area contributed by atoms with Crippen molar-refractivity contribution in [3.8, 4) is 22.6 Å². The molecule has 7 heteroatoms. The number of benzene rings is 3. The average Bonchev–Trinajstić information content (AvgIpc) is 3.21. The van der Waals surface area contributed by atoms with Gasteiger partial charge in [0.2, 0.25) is 15.9 Å². The summed E-state index contributed by atoms with van der Waals surface area (Å²) in [4.78, 5) is 11.8. The molecule has 0 radical (unpaired) electrons. The van der Waals surface area contributed by atoms with E-state index in [1.54, 1.807) is 7.11 Å². The van der Waals surface area contributed by atoms with E-state index < -0.39 is 15.9 Å². The van der Waals surface area contributed by atoms with Crippen LogP contribution in [0.1, 0.15) is 52.7 Å². The number of hydrogen-bond acceptors (Lipinski definition) is 5. The van der Waals surface area contributed by atoms with Crippen LogP contribution in [0.3, 0.4) is 0 Å². The first-order chi connectivity index (χ1) is 16.7. The average molecular weight is 492 g/mol. The Hall–Kier alpha value is -3.32. The zero-order valence-electron chi connectivity index (χ0n) is 20.1. The lowest BCUT2D eigenvalue weighted by Gasteiger charge is -2.23. The molecule has 0 aromatic heterocycles. The first-order valence-corrected chi connectivity index (χ1v) is 13.5. The number of fused-ring (bicyclic) bond motifs is 1. The number of nitrogens with one attached hydrogen (secondary N) is 1. The number of methoxy groups -OCH3 is 1. The van der Waals surface area contributed by atoms with Crippen molar-refractivity contribution in [3.63, 3.8) is 0 Å². The van der Waals surface area contributed by atoms with Gasteiger partial charge in [0.1, 0.15) is 17.6 Å². The molecule has 2 atom stereocenters. The van der Waals surface area contributed by atoms with Gasteiger partial charge in [0.15, 0.2) is 0 Å². The molecule has 0 bridgehead atoms. The van der Waals surface area contributed by atoms with Gasteiger partial charge in [-0.15, -0.1) is 0 Å². The van der Waals surface area contributed by atoms with E-state index in [4.69, 9.17) is 9.47 Å². The zero-order chi connectivity index (χ0) is 24.7. The Balaban J connectivity index is 1.37. The molecule has 0 saturated carbocycles. The molecule has 1 heterocycles. The summed E-state index contributed by atoms with van der Waals surface area (Å²) in [7, 11) is -1.88. The molecule has 1 saturated heterocycles. The Kier molecular flexibility index (Phi) is 6.05. The Labute approximate surface area is 206 Å². The Bertz CT molecular complexity index is 1370. The van der Waals surface area contributed by atoms with Crippen molar-refractivity contribution in [1.29, 1.82) is 0 Å². The number of amides is 1. The van der Waals surface area contributed by atoms with E-state index in [2.05, 4.69) is 48.9 Å². The van der Waals surface area contributed by atoms with Gasteiger partial charge < -0.3 is 9.47 Å². The highest BCUT2D eigenvalue weighted by molar-refractivity contribution is 7.90. The monoisotopic (exact) mass is 491 g/mol. The van der Waals surface area contributed by atoms with Crippen molar-refractivity contribution in [2.75, 3.05) is 12.9 Å². The summed E-state index contributed by atoms with van der Waals surface area (Å²) < 4.78 is 37.7. The summed E-state index contributed by atoms with van der Waals surface area (Å²) >= 11 is 0. The molecular weight excluding hydrogens is 462 g/mol. The van der Waals surface area contributed by atoms with Crippen molar-refractivity contribution in [3.05, 3.63) is 82.4 Å². The highest BCUT2D eigenvalue weighted by atomic mass is 32.2. The Morgan fingerprint density at radius 1 is 0.971 bits per heavy atom. The molecule has 2 aliphatic rings. The topological polar surface area (TPSA) is 81.7 Å². The smallest absolute Gasteiger partial charge is 0.235 e. The van der Waals surface area contributed by atoms with Crippen molar-refractivity contribution < 1.29 is 22.7 Å². The molecule has 1 aliphatic heterocycles. The fourth-order valence-electron chi connectivity index (χ4n) is 5.44. The van der Waals surface area contributed by atoms with Crippen LogP contribution < -0.4 is 14.2 Å². The maximum atomic E-state index is 11.9. The second-order valence-electron chi connectivity index (χ2n) is 9.43. The van der Waals surface area contributed by atoms with E-state index in [0.29, 0.717) is 0 Å². The van der Waals surface area contributed by atoms with Crippen LogP contribution in [0.4, 0.5) is 0 Å². The summed E-state index contributed by atoms with van der Waals surface area (Å²) in [5, 5.41) is 0. The SMILES string of the molecule is COc1cc(C)c(-c2cccc3c2CC[C@H]3Oc2ccc(C3CC(=O)NS(=O)(=O)C3)cc2)c(C)c1. The lowest BCUT2D eigenvalue weighted by atomic mass is 9.90. The molecule has 1 N–H and O–H groups in total. The fraction of sp³-hybridized carbons (Fsp3) is 0.321. The maximum Gasteiger partial charge on any atom is 0.235 e. The van der Waals surface area contributed by atoms with Gasteiger partial charge in [0.25, 0.3) is 0 Å². The number of carbonyl (C=O) groups is 1. The standard InChI is InChI=1S/C28H29NO5S/c1-17-13-22(33-3)14-18(2)28(17)25-6-4-5-24-23(25)11-12-26(24)34-21-9-7-19(8-10-21)20-15-27(30)29-35(31,32)16-20/h4-10,13-14,20,26H,11-12,15-16H2,1-3H3,(H,29,30)/t20?,26-/m1/s1. The van der Waals surface area contributed by atoms with Crippen molar-refractivity contribution in [1.82, 2.24) is 4.72 Å². The van der Waals surface area contributed by atoms with Gasteiger partial charge in [-0.1, -0.05) is 30.3 Å². The molecule has 6 nitrogen and oxygen atoms in total. The minimum atomic E-state index is -3.57. The molecular formula is C28H29NO5S. The van der Waals surface area contributed by atoms with Crippen molar-refractivity contribution in [2.24, 2.45) is 0 Å². The van der Waals surface area contributed by atoms with Gasteiger partial charge in [-0.2, -0.15) is 0 Å². The lowest BCUT2D eigenvalue weighted by Crippen LogP contribution is -2.40. The van der Waals surface area contributed by atoms with Crippen LogP contribution in [0.15, 0.2) is 54.6 Å². The fourth-order valence-corrected chi connectivity index (χ4v) is 6.79. The summed E-state index contributed by atoms with van der Waals surface area (Å²) in [6, 6.07) is 18.0. The number of hydrogen-bond donors (Lipinski definition) is 1. The van der Waals surface area contributed by atoms with E-state index >= 15 is 0 Å². The minimum absolute atomic E-state index is 0.0458. The first kappa shape index (κ1) is 23.4. The molecule has 0 spiro atoms. The third-order valence-corrected chi connectivity index (χ3v) is 8.36. The highest BCUT2D eigenvalue weighted by Crippen LogP contribution is 2.42. The van der Waals surface area contributed by atoms with Crippen LogP contribution in [0.2, 0.25) is 0 Å². The quantitative estimate of drug-likeness (QED) is 0.545. The van der Waals surface area contributed by atoms with Crippen LogP contribution >= 0.6 is 0 Å². The number of rotatable bonds is 5.